The summed E-state index contributed by atoms with van der Waals surface area (Å²) in [5.41, 5.74) is 1.96. The molecule has 1 atom stereocenters. The Bertz CT molecular complexity index is 674. The summed E-state index contributed by atoms with van der Waals surface area (Å²) in [5.74, 6) is 0.983. The van der Waals surface area contributed by atoms with Crippen LogP contribution in [0.4, 0.5) is 5.82 Å². The molecule has 2 aromatic rings. The van der Waals surface area contributed by atoms with E-state index in [4.69, 9.17) is 0 Å². The van der Waals surface area contributed by atoms with Gasteiger partial charge in [0.25, 0.3) is 0 Å². The SMILES string of the molecule is CNC(C(=O)Nc1cc(C2CCCCCC2)[nH]n1)c1cnn(C)c1.Cl. The number of nitrogens with zero attached hydrogens (tertiary/aromatic N) is 3. The summed E-state index contributed by atoms with van der Waals surface area (Å²) in [6.07, 6.45) is 11.1. The fourth-order valence-electron chi connectivity index (χ4n) is 3.44. The van der Waals surface area contributed by atoms with Crippen molar-refractivity contribution in [2.45, 2.75) is 50.5 Å². The molecule has 7 nitrogen and oxygen atoms in total. The number of carbonyl (C=O) groups excluding carboxylic acids is 1. The van der Waals surface area contributed by atoms with Gasteiger partial charge in [-0.25, -0.2) is 0 Å². The normalized spacial score (nSPS) is 16.7. The number of likely N-dealkylation sites (N-methyl/N-ethyl adjacent to an activating group) is 1. The predicted octanol–water partition coefficient (Wildman–Crippen LogP) is 2.90. The maximum Gasteiger partial charge on any atom is 0.247 e. The number of aryl methyl sites for hydroxylation is 1. The molecule has 2 aromatic heterocycles. The number of carbonyl (C=O) groups is 1. The molecule has 0 aliphatic heterocycles. The van der Waals surface area contributed by atoms with Crippen molar-refractivity contribution in [3.63, 3.8) is 0 Å². The van der Waals surface area contributed by atoms with Crippen LogP contribution >= 0.6 is 12.4 Å². The lowest BCUT2D eigenvalue weighted by Crippen LogP contribution is -2.30. The van der Waals surface area contributed by atoms with E-state index in [2.05, 4.69) is 25.9 Å². The highest BCUT2D eigenvalue weighted by molar-refractivity contribution is 5.94. The number of aromatic amines is 1. The molecule has 0 saturated heterocycles. The van der Waals surface area contributed by atoms with Crippen molar-refractivity contribution in [2.75, 3.05) is 12.4 Å². The average Bonchev–Trinajstić information content (AvgIpc) is 3.10. The molecule has 0 spiro atoms. The lowest BCUT2D eigenvalue weighted by Gasteiger charge is -2.13. The molecule has 3 N–H and O–H groups in total. The summed E-state index contributed by atoms with van der Waals surface area (Å²) in [7, 11) is 3.60. The van der Waals surface area contributed by atoms with E-state index in [1.165, 1.54) is 38.5 Å². The van der Waals surface area contributed by atoms with Crippen molar-refractivity contribution >= 4 is 24.1 Å². The molecular formula is C17H27ClN6O. The van der Waals surface area contributed by atoms with Gasteiger partial charge in [-0.3, -0.25) is 14.6 Å². The third kappa shape index (κ3) is 4.83. The Hall–Kier alpha value is -1.86. The Morgan fingerprint density at radius 2 is 2.04 bits per heavy atom. The van der Waals surface area contributed by atoms with Gasteiger partial charge in [0.15, 0.2) is 5.82 Å². The van der Waals surface area contributed by atoms with Crippen LogP contribution in [0.15, 0.2) is 18.5 Å². The van der Waals surface area contributed by atoms with Crippen molar-refractivity contribution in [3.05, 3.63) is 29.7 Å². The lowest BCUT2D eigenvalue weighted by atomic mass is 9.97. The number of nitrogens with one attached hydrogen (secondary N) is 3. The van der Waals surface area contributed by atoms with Crippen LogP contribution < -0.4 is 10.6 Å². The molecule has 138 valence electrons. The van der Waals surface area contributed by atoms with Crippen LogP contribution in [0.2, 0.25) is 0 Å². The molecule has 1 saturated carbocycles. The summed E-state index contributed by atoms with van der Waals surface area (Å²) in [6.45, 7) is 0. The van der Waals surface area contributed by atoms with Crippen molar-refractivity contribution in [3.8, 4) is 0 Å². The number of hydrogen-bond donors (Lipinski definition) is 3. The molecule has 1 amide bonds. The van der Waals surface area contributed by atoms with Crippen molar-refractivity contribution in [1.82, 2.24) is 25.3 Å². The molecule has 1 aliphatic rings. The number of H-pyrrole nitrogens is 1. The second-order valence-corrected chi connectivity index (χ2v) is 6.56. The van der Waals surface area contributed by atoms with Gasteiger partial charge in [-0.1, -0.05) is 25.7 Å². The minimum atomic E-state index is -0.447. The number of hydrogen-bond acceptors (Lipinski definition) is 4. The Morgan fingerprint density at radius 3 is 2.64 bits per heavy atom. The summed E-state index contributed by atoms with van der Waals surface area (Å²) in [6, 6.07) is 1.53. The Kier molecular flexibility index (Phi) is 7.01. The molecule has 25 heavy (non-hydrogen) atoms. The van der Waals surface area contributed by atoms with Gasteiger partial charge >= 0.3 is 0 Å². The zero-order valence-corrected chi connectivity index (χ0v) is 15.6. The highest BCUT2D eigenvalue weighted by Crippen LogP contribution is 2.31. The van der Waals surface area contributed by atoms with Crippen LogP contribution in [-0.2, 0) is 11.8 Å². The minimum Gasteiger partial charge on any atom is -0.308 e. The highest BCUT2D eigenvalue weighted by Gasteiger charge is 2.22. The van der Waals surface area contributed by atoms with E-state index in [-0.39, 0.29) is 18.3 Å². The monoisotopic (exact) mass is 366 g/mol. The third-order valence-electron chi connectivity index (χ3n) is 4.75. The molecule has 1 fully saturated rings. The third-order valence-corrected chi connectivity index (χ3v) is 4.75. The van der Waals surface area contributed by atoms with Crippen LogP contribution in [0.1, 0.15) is 61.7 Å². The maximum atomic E-state index is 12.5. The van der Waals surface area contributed by atoms with Crippen molar-refractivity contribution in [1.29, 1.82) is 0 Å². The van der Waals surface area contributed by atoms with Crippen molar-refractivity contribution < 1.29 is 4.79 Å². The van der Waals surface area contributed by atoms with E-state index in [9.17, 15) is 4.79 Å². The first-order valence-corrected chi connectivity index (χ1v) is 8.69. The number of amides is 1. The zero-order chi connectivity index (χ0) is 16.9. The molecule has 8 heteroatoms. The summed E-state index contributed by atoms with van der Waals surface area (Å²) >= 11 is 0. The zero-order valence-electron chi connectivity index (χ0n) is 14.8. The van der Waals surface area contributed by atoms with E-state index >= 15 is 0 Å². The topological polar surface area (TPSA) is 87.6 Å². The van der Waals surface area contributed by atoms with Gasteiger partial charge in [0.2, 0.25) is 5.91 Å². The largest absolute Gasteiger partial charge is 0.308 e. The van der Waals surface area contributed by atoms with Crippen LogP contribution in [0.3, 0.4) is 0 Å². The molecule has 3 rings (SSSR count). The number of halogens is 1. The predicted molar refractivity (Wildman–Crippen MR) is 99.9 cm³/mol. The highest BCUT2D eigenvalue weighted by atomic mass is 35.5. The molecule has 2 heterocycles. The van der Waals surface area contributed by atoms with Crippen LogP contribution in [0.5, 0.6) is 0 Å². The number of anilines is 1. The van der Waals surface area contributed by atoms with E-state index in [0.717, 1.165) is 11.3 Å². The van der Waals surface area contributed by atoms with Crippen LogP contribution in [-0.4, -0.2) is 32.9 Å². The Morgan fingerprint density at radius 1 is 1.32 bits per heavy atom. The maximum absolute atomic E-state index is 12.5. The molecule has 0 aromatic carbocycles. The first-order chi connectivity index (χ1) is 11.7. The van der Waals surface area contributed by atoms with E-state index in [1.807, 2.05) is 19.3 Å². The summed E-state index contributed by atoms with van der Waals surface area (Å²) in [4.78, 5) is 12.5. The van der Waals surface area contributed by atoms with Gasteiger partial charge in [-0.2, -0.15) is 10.2 Å². The van der Waals surface area contributed by atoms with Gasteiger partial charge in [0.05, 0.1) is 6.20 Å². The molecule has 1 aliphatic carbocycles. The minimum absolute atomic E-state index is 0. The molecular weight excluding hydrogens is 340 g/mol. The summed E-state index contributed by atoms with van der Waals surface area (Å²) < 4.78 is 1.69. The average molecular weight is 367 g/mol. The standard InChI is InChI=1S/C17H26N6O.ClH/c1-18-16(13-10-19-23(2)11-13)17(24)20-15-9-14(21-22-15)12-7-5-3-4-6-8-12;/h9-12,16,18H,3-8H2,1-2H3,(H2,20,21,22,24);1H. The van der Waals surface area contributed by atoms with Gasteiger partial charge in [-0.05, 0) is 19.9 Å². The van der Waals surface area contributed by atoms with Gasteiger partial charge in [-0.15, -0.1) is 12.4 Å². The molecule has 1 unspecified atom stereocenters. The first-order valence-electron chi connectivity index (χ1n) is 8.69. The van der Waals surface area contributed by atoms with E-state index < -0.39 is 6.04 Å². The van der Waals surface area contributed by atoms with Gasteiger partial charge < -0.3 is 10.6 Å². The van der Waals surface area contributed by atoms with Crippen LogP contribution in [0, 0.1) is 0 Å². The second-order valence-electron chi connectivity index (χ2n) is 6.56. The van der Waals surface area contributed by atoms with Crippen LogP contribution in [0.25, 0.3) is 0 Å². The van der Waals surface area contributed by atoms with Crippen molar-refractivity contribution in [2.24, 2.45) is 7.05 Å². The Balaban J connectivity index is 0.00000225. The summed E-state index contributed by atoms with van der Waals surface area (Å²) in [5, 5.41) is 17.4. The molecule has 0 bridgehead atoms. The lowest BCUT2D eigenvalue weighted by molar-refractivity contribution is -0.118. The van der Waals surface area contributed by atoms with Gasteiger partial charge in [0.1, 0.15) is 6.04 Å². The fourth-order valence-corrected chi connectivity index (χ4v) is 3.44. The quantitative estimate of drug-likeness (QED) is 0.710. The Labute approximate surface area is 154 Å². The fraction of sp³-hybridized carbons (Fsp3) is 0.588. The van der Waals surface area contributed by atoms with Gasteiger partial charge in [0, 0.05) is 36.5 Å². The molecule has 0 radical (unpaired) electrons. The second kappa shape index (κ2) is 9.01. The number of aromatic nitrogens is 4. The smallest absolute Gasteiger partial charge is 0.247 e. The first kappa shape index (κ1) is 19.5. The van der Waals surface area contributed by atoms with E-state index in [1.54, 1.807) is 17.9 Å². The van der Waals surface area contributed by atoms with E-state index in [0.29, 0.717) is 11.7 Å². The number of rotatable bonds is 5.